The van der Waals surface area contributed by atoms with Crippen LogP contribution >= 0.6 is 0 Å². The number of carbonyl (C=O) groups excluding carboxylic acids is 1. The van der Waals surface area contributed by atoms with E-state index < -0.39 is 0 Å². The SMILES string of the molecule is COc1ccc(CN(C)C(=O)CC2CCCCC2)cc1. The van der Waals surface area contributed by atoms with Crippen molar-refractivity contribution in [3.63, 3.8) is 0 Å². The van der Waals surface area contributed by atoms with Gasteiger partial charge in [-0.05, 0) is 36.5 Å². The highest BCUT2D eigenvalue weighted by Gasteiger charge is 2.19. The Morgan fingerprint density at radius 1 is 1.20 bits per heavy atom. The molecule has 1 fully saturated rings. The van der Waals surface area contributed by atoms with Crippen molar-refractivity contribution < 1.29 is 9.53 Å². The molecule has 3 heteroatoms. The third kappa shape index (κ3) is 4.26. The molecule has 2 rings (SSSR count). The summed E-state index contributed by atoms with van der Waals surface area (Å²) in [6.45, 7) is 0.676. The lowest BCUT2D eigenvalue weighted by atomic mass is 9.86. The van der Waals surface area contributed by atoms with Gasteiger partial charge in [0.2, 0.25) is 5.91 Å². The van der Waals surface area contributed by atoms with Gasteiger partial charge in [0.05, 0.1) is 7.11 Å². The highest BCUT2D eigenvalue weighted by atomic mass is 16.5. The molecular weight excluding hydrogens is 250 g/mol. The Labute approximate surface area is 121 Å². The molecule has 3 nitrogen and oxygen atoms in total. The standard InChI is InChI=1S/C17H25NO2/c1-18(13-15-8-10-16(20-2)11-9-15)17(19)12-14-6-4-3-5-7-14/h8-11,14H,3-7,12-13H2,1-2H3. The van der Waals surface area contributed by atoms with Crippen LogP contribution in [-0.2, 0) is 11.3 Å². The lowest BCUT2D eigenvalue weighted by Crippen LogP contribution is -2.28. The molecule has 0 spiro atoms. The number of carbonyl (C=O) groups is 1. The van der Waals surface area contributed by atoms with E-state index in [1.54, 1.807) is 7.11 Å². The molecule has 1 aliphatic rings. The Hall–Kier alpha value is -1.51. The van der Waals surface area contributed by atoms with Crippen molar-refractivity contribution in [2.45, 2.75) is 45.1 Å². The fourth-order valence-electron chi connectivity index (χ4n) is 2.89. The molecule has 1 aromatic rings. The van der Waals surface area contributed by atoms with Crippen LogP contribution in [0.4, 0.5) is 0 Å². The number of hydrogen-bond donors (Lipinski definition) is 0. The van der Waals surface area contributed by atoms with Crippen LogP contribution in [-0.4, -0.2) is 25.0 Å². The second-order valence-electron chi connectivity index (χ2n) is 5.81. The van der Waals surface area contributed by atoms with E-state index in [2.05, 4.69) is 0 Å². The van der Waals surface area contributed by atoms with E-state index in [0.29, 0.717) is 18.9 Å². The molecule has 0 aliphatic heterocycles. The number of methoxy groups -OCH3 is 1. The summed E-state index contributed by atoms with van der Waals surface area (Å²) in [6, 6.07) is 7.91. The molecular formula is C17H25NO2. The molecule has 110 valence electrons. The van der Waals surface area contributed by atoms with Crippen molar-refractivity contribution in [1.29, 1.82) is 0 Å². The van der Waals surface area contributed by atoms with Gasteiger partial charge in [0, 0.05) is 20.0 Å². The van der Waals surface area contributed by atoms with Gasteiger partial charge in [-0.25, -0.2) is 0 Å². The monoisotopic (exact) mass is 275 g/mol. The van der Waals surface area contributed by atoms with Crippen molar-refractivity contribution in [3.05, 3.63) is 29.8 Å². The lowest BCUT2D eigenvalue weighted by molar-refractivity contribution is -0.131. The predicted molar refractivity (Wildman–Crippen MR) is 80.7 cm³/mol. The van der Waals surface area contributed by atoms with Crippen LogP contribution in [0.1, 0.15) is 44.1 Å². The van der Waals surface area contributed by atoms with E-state index in [1.807, 2.05) is 36.2 Å². The van der Waals surface area contributed by atoms with Gasteiger partial charge in [-0.3, -0.25) is 4.79 Å². The predicted octanol–water partition coefficient (Wildman–Crippen LogP) is 3.62. The lowest BCUT2D eigenvalue weighted by Gasteiger charge is -2.24. The summed E-state index contributed by atoms with van der Waals surface area (Å²) in [5.74, 6) is 1.73. The molecule has 0 radical (unpaired) electrons. The van der Waals surface area contributed by atoms with Gasteiger partial charge >= 0.3 is 0 Å². The molecule has 0 saturated heterocycles. The minimum atomic E-state index is 0.271. The van der Waals surface area contributed by atoms with Gasteiger partial charge in [0.1, 0.15) is 5.75 Å². The smallest absolute Gasteiger partial charge is 0.222 e. The van der Waals surface area contributed by atoms with E-state index in [4.69, 9.17) is 4.74 Å². The third-order valence-electron chi connectivity index (χ3n) is 4.19. The van der Waals surface area contributed by atoms with Crippen molar-refractivity contribution in [2.24, 2.45) is 5.92 Å². The first-order chi connectivity index (χ1) is 9.69. The molecule has 0 bridgehead atoms. The minimum absolute atomic E-state index is 0.271. The van der Waals surface area contributed by atoms with E-state index in [0.717, 1.165) is 11.3 Å². The molecule has 0 atom stereocenters. The number of amides is 1. The van der Waals surface area contributed by atoms with Crippen molar-refractivity contribution in [1.82, 2.24) is 4.90 Å². The van der Waals surface area contributed by atoms with Crippen LogP contribution < -0.4 is 4.74 Å². The molecule has 1 aromatic carbocycles. The normalized spacial score (nSPS) is 15.9. The molecule has 1 aliphatic carbocycles. The zero-order valence-corrected chi connectivity index (χ0v) is 12.6. The summed E-state index contributed by atoms with van der Waals surface area (Å²) in [5, 5.41) is 0. The molecule has 20 heavy (non-hydrogen) atoms. The maximum Gasteiger partial charge on any atom is 0.222 e. The van der Waals surface area contributed by atoms with E-state index in [1.165, 1.54) is 32.1 Å². The second kappa shape index (κ2) is 7.32. The van der Waals surface area contributed by atoms with Gasteiger partial charge in [-0.1, -0.05) is 31.4 Å². The summed E-state index contributed by atoms with van der Waals surface area (Å²) < 4.78 is 5.14. The Balaban J connectivity index is 1.83. The van der Waals surface area contributed by atoms with Crippen LogP contribution in [0.3, 0.4) is 0 Å². The first-order valence-electron chi connectivity index (χ1n) is 7.56. The van der Waals surface area contributed by atoms with Crippen molar-refractivity contribution in [3.8, 4) is 5.75 Å². The number of nitrogens with zero attached hydrogens (tertiary/aromatic N) is 1. The summed E-state index contributed by atoms with van der Waals surface area (Å²) in [4.78, 5) is 14.1. The molecule has 0 heterocycles. The minimum Gasteiger partial charge on any atom is -0.497 e. The maximum absolute atomic E-state index is 12.2. The number of rotatable bonds is 5. The van der Waals surface area contributed by atoms with Crippen molar-refractivity contribution in [2.75, 3.05) is 14.2 Å². The molecule has 0 aromatic heterocycles. The number of hydrogen-bond acceptors (Lipinski definition) is 2. The third-order valence-corrected chi connectivity index (χ3v) is 4.19. The molecule has 1 saturated carbocycles. The summed E-state index contributed by atoms with van der Waals surface area (Å²) in [7, 11) is 3.56. The van der Waals surface area contributed by atoms with Crippen LogP contribution in [0.5, 0.6) is 5.75 Å². The topological polar surface area (TPSA) is 29.5 Å². The zero-order valence-electron chi connectivity index (χ0n) is 12.6. The van der Waals surface area contributed by atoms with Gasteiger partial charge < -0.3 is 9.64 Å². The van der Waals surface area contributed by atoms with Gasteiger partial charge in [-0.2, -0.15) is 0 Å². The first kappa shape index (κ1) is 14.9. The van der Waals surface area contributed by atoms with Gasteiger partial charge in [-0.15, -0.1) is 0 Å². The molecule has 1 amide bonds. The van der Waals surface area contributed by atoms with E-state index in [9.17, 15) is 4.79 Å². The summed E-state index contributed by atoms with van der Waals surface area (Å²) >= 11 is 0. The first-order valence-corrected chi connectivity index (χ1v) is 7.56. The molecule has 0 N–H and O–H groups in total. The quantitative estimate of drug-likeness (QED) is 0.821. The molecule has 0 unspecified atom stereocenters. The average Bonchev–Trinajstić information content (AvgIpc) is 2.49. The highest BCUT2D eigenvalue weighted by Crippen LogP contribution is 2.26. The maximum atomic E-state index is 12.2. The Kier molecular flexibility index (Phi) is 5.45. The number of benzene rings is 1. The Morgan fingerprint density at radius 2 is 1.85 bits per heavy atom. The van der Waals surface area contributed by atoms with Crippen LogP contribution in [0.15, 0.2) is 24.3 Å². The average molecular weight is 275 g/mol. The largest absolute Gasteiger partial charge is 0.497 e. The van der Waals surface area contributed by atoms with E-state index >= 15 is 0 Å². The van der Waals surface area contributed by atoms with Crippen molar-refractivity contribution >= 4 is 5.91 Å². The van der Waals surface area contributed by atoms with Gasteiger partial charge in [0.15, 0.2) is 0 Å². The fourth-order valence-corrected chi connectivity index (χ4v) is 2.89. The highest BCUT2D eigenvalue weighted by molar-refractivity contribution is 5.76. The Bertz CT molecular complexity index is 421. The number of ether oxygens (including phenoxy) is 1. The summed E-state index contributed by atoms with van der Waals surface area (Å²) in [6.07, 6.45) is 7.09. The second-order valence-corrected chi connectivity index (χ2v) is 5.81. The summed E-state index contributed by atoms with van der Waals surface area (Å²) in [5.41, 5.74) is 1.14. The van der Waals surface area contributed by atoms with E-state index in [-0.39, 0.29) is 5.91 Å². The van der Waals surface area contributed by atoms with Gasteiger partial charge in [0.25, 0.3) is 0 Å². The van der Waals surface area contributed by atoms with Crippen LogP contribution in [0, 0.1) is 5.92 Å². The zero-order chi connectivity index (χ0) is 14.4. The fraction of sp³-hybridized carbons (Fsp3) is 0.588. The van der Waals surface area contributed by atoms with Crippen LogP contribution in [0.2, 0.25) is 0 Å². The van der Waals surface area contributed by atoms with Crippen LogP contribution in [0.25, 0.3) is 0 Å². The Morgan fingerprint density at radius 3 is 2.45 bits per heavy atom.